The van der Waals surface area contributed by atoms with E-state index in [0.29, 0.717) is 11.7 Å². The lowest BCUT2D eigenvalue weighted by Gasteiger charge is -2.34. The Hall–Kier alpha value is -2.44. The first kappa shape index (κ1) is 23.7. The summed E-state index contributed by atoms with van der Waals surface area (Å²) in [6.07, 6.45) is 2.51. The number of hydrogen-bond donors (Lipinski definition) is 2. The number of hydrogen-bond acceptors (Lipinski definition) is 6. The third kappa shape index (κ3) is 4.64. The molecule has 1 aliphatic carbocycles. The lowest BCUT2D eigenvalue weighted by Crippen LogP contribution is -2.46. The summed E-state index contributed by atoms with van der Waals surface area (Å²) in [5, 5.41) is 10.1. The van der Waals surface area contributed by atoms with Gasteiger partial charge in [-0.3, -0.25) is 9.40 Å². The van der Waals surface area contributed by atoms with Crippen LogP contribution in [0.1, 0.15) is 68.3 Å². The van der Waals surface area contributed by atoms with Gasteiger partial charge in [0, 0.05) is 11.7 Å². The van der Waals surface area contributed by atoms with Gasteiger partial charge in [0.15, 0.2) is 0 Å². The molecule has 2 heterocycles. The molecule has 33 heavy (non-hydrogen) atoms. The highest BCUT2D eigenvalue weighted by molar-refractivity contribution is 7.81. The summed E-state index contributed by atoms with van der Waals surface area (Å²) in [4.78, 5) is 6.97. The van der Waals surface area contributed by atoms with E-state index in [1.54, 1.807) is 12.1 Å². The summed E-state index contributed by atoms with van der Waals surface area (Å²) < 4.78 is 39.7. The lowest BCUT2D eigenvalue weighted by molar-refractivity contribution is -0.151. The van der Waals surface area contributed by atoms with E-state index in [9.17, 15) is 18.4 Å². The quantitative estimate of drug-likeness (QED) is 0.405. The molecule has 0 bridgehead atoms. The van der Waals surface area contributed by atoms with Crippen molar-refractivity contribution in [1.29, 1.82) is 5.26 Å². The first-order valence-corrected chi connectivity index (χ1v) is 11.7. The molecule has 1 saturated carbocycles. The second-order valence-corrected chi connectivity index (χ2v) is 9.19. The van der Waals surface area contributed by atoms with E-state index in [0.717, 1.165) is 60.4 Å². The van der Waals surface area contributed by atoms with Gasteiger partial charge in [-0.05, 0) is 68.3 Å². The second kappa shape index (κ2) is 9.43. The van der Waals surface area contributed by atoms with E-state index in [1.165, 1.54) is 11.8 Å². The van der Waals surface area contributed by atoms with Crippen LogP contribution >= 0.6 is 12.8 Å². The molecule has 0 spiro atoms. The molecule has 2 aromatic rings. The van der Waals surface area contributed by atoms with Crippen LogP contribution in [-0.2, 0) is 6.42 Å². The zero-order chi connectivity index (χ0) is 23.8. The van der Waals surface area contributed by atoms with Gasteiger partial charge >= 0.3 is 6.18 Å². The zero-order valence-corrected chi connectivity index (χ0v) is 19.6. The first-order chi connectivity index (χ1) is 15.7. The van der Waals surface area contributed by atoms with E-state index >= 15 is 0 Å². The fourth-order valence-corrected chi connectivity index (χ4v) is 5.16. The molecule has 0 saturated heterocycles. The van der Waals surface area contributed by atoms with Crippen molar-refractivity contribution < 1.29 is 13.2 Å². The Morgan fingerprint density at radius 1 is 1.27 bits per heavy atom. The zero-order valence-electron chi connectivity index (χ0n) is 18.7. The van der Waals surface area contributed by atoms with Gasteiger partial charge in [-0.15, -0.1) is 0 Å². The van der Waals surface area contributed by atoms with Gasteiger partial charge in [-0.1, -0.05) is 31.9 Å². The van der Waals surface area contributed by atoms with Crippen LogP contribution in [0.15, 0.2) is 36.5 Å². The van der Waals surface area contributed by atoms with Crippen LogP contribution in [0.2, 0.25) is 0 Å². The standard InChI is InChI=1S/C24H28F3N5S/c1-3-16-8-10-19-20(13-28)23(31(22(19)12-16)17-6-4-5-7-17)21-11-9-18(14-29-21)32(33)30-15(2)24(25,26)27/h8-12,14-15,17,20,23,30,33H,3-7H2,1-2H3/t15-,20?,23?/m1/s1. The fraction of sp³-hybridized carbons (Fsp3) is 0.500. The molecule has 1 aliphatic heterocycles. The molecule has 4 rings (SSSR count). The van der Waals surface area contributed by atoms with Crippen LogP contribution in [0, 0.1) is 11.3 Å². The van der Waals surface area contributed by atoms with E-state index < -0.39 is 12.2 Å². The van der Waals surface area contributed by atoms with E-state index in [1.807, 2.05) is 0 Å². The minimum absolute atomic E-state index is 0.232. The molecular weight excluding hydrogens is 447 g/mol. The predicted octanol–water partition coefficient (Wildman–Crippen LogP) is 5.86. The molecule has 2 aliphatic rings. The topological polar surface area (TPSA) is 55.2 Å². The number of aromatic nitrogens is 1. The largest absolute Gasteiger partial charge is 0.405 e. The molecule has 1 aromatic heterocycles. The summed E-state index contributed by atoms with van der Waals surface area (Å²) in [6, 6.07) is 10.7. The fourth-order valence-electron chi connectivity index (χ4n) is 4.86. The van der Waals surface area contributed by atoms with Crippen molar-refractivity contribution in [3.05, 3.63) is 53.3 Å². The summed E-state index contributed by atoms with van der Waals surface area (Å²) in [5.74, 6) is -0.361. The number of pyridine rings is 1. The molecule has 1 N–H and O–H groups in total. The van der Waals surface area contributed by atoms with E-state index in [2.05, 4.69) is 59.3 Å². The average Bonchev–Trinajstić information content (AvgIpc) is 3.43. The molecule has 0 amide bonds. The SMILES string of the molecule is CCc1ccc2c(c1)N(C1CCCC1)C(c1ccc(N(S)N[C@H](C)C(F)(F)F)cn1)C2C#N. The third-order valence-electron chi connectivity index (χ3n) is 6.71. The van der Waals surface area contributed by atoms with E-state index in [4.69, 9.17) is 0 Å². The molecular formula is C24H28F3N5S. The molecule has 9 heteroatoms. The number of nitrogens with one attached hydrogen (secondary N) is 1. The van der Waals surface area contributed by atoms with Crippen LogP contribution in [0.5, 0.6) is 0 Å². The monoisotopic (exact) mass is 475 g/mol. The van der Waals surface area contributed by atoms with Gasteiger partial charge in [0.25, 0.3) is 0 Å². The number of alkyl halides is 3. The minimum atomic E-state index is -4.39. The maximum atomic E-state index is 12.9. The number of halogens is 3. The Balaban J connectivity index is 1.65. The summed E-state index contributed by atoms with van der Waals surface area (Å²) in [5.41, 5.74) is 6.78. The molecule has 1 fully saturated rings. The van der Waals surface area contributed by atoms with Crippen molar-refractivity contribution in [3.8, 4) is 6.07 Å². The minimum Gasteiger partial charge on any atom is -0.358 e. The average molecular weight is 476 g/mol. The van der Waals surface area contributed by atoms with Gasteiger partial charge in [-0.25, -0.2) is 5.43 Å². The molecule has 5 nitrogen and oxygen atoms in total. The van der Waals surface area contributed by atoms with Crippen molar-refractivity contribution in [3.63, 3.8) is 0 Å². The maximum Gasteiger partial charge on any atom is 0.405 e. The van der Waals surface area contributed by atoms with Gasteiger partial charge in [-0.2, -0.15) is 18.4 Å². The van der Waals surface area contributed by atoms with Gasteiger partial charge in [0.05, 0.1) is 35.6 Å². The van der Waals surface area contributed by atoms with Crippen molar-refractivity contribution >= 4 is 24.2 Å². The van der Waals surface area contributed by atoms with Crippen molar-refractivity contribution in [2.75, 3.05) is 9.31 Å². The number of aryl methyl sites for hydroxylation is 1. The van der Waals surface area contributed by atoms with Crippen molar-refractivity contribution in [2.45, 2.75) is 76.2 Å². The highest BCUT2D eigenvalue weighted by atomic mass is 32.1. The molecule has 176 valence electrons. The Morgan fingerprint density at radius 3 is 2.58 bits per heavy atom. The summed E-state index contributed by atoms with van der Waals surface area (Å²) in [7, 11) is 0. The number of anilines is 2. The Bertz CT molecular complexity index is 1010. The molecule has 1 aromatic carbocycles. The number of hydrazine groups is 1. The Kier molecular flexibility index (Phi) is 6.78. The number of nitrogens with zero attached hydrogens (tertiary/aromatic N) is 4. The van der Waals surface area contributed by atoms with Crippen molar-refractivity contribution in [1.82, 2.24) is 10.4 Å². The Labute approximate surface area is 198 Å². The van der Waals surface area contributed by atoms with Crippen LogP contribution in [0.3, 0.4) is 0 Å². The molecule has 3 atom stereocenters. The normalized spacial score (nSPS) is 21.7. The van der Waals surface area contributed by atoms with Gasteiger partial charge in [0.1, 0.15) is 6.04 Å². The highest BCUT2D eigenvalue weighted by Crippen LogP contribution is 2.51. The van der Waals surface area contributed by atoms with Crippen LogP contribution in [0.4, 0.5) is 24.5 Å². The smallest absolute Gasteiger partial charge is 0.358 e. The second-order valence-electron chi connectivity index (χ2n) is 8.79. The van der Waals surface area contributed by atoms with Crippen molar-refractivity contribution in [2.24, 2.45) is 0 Å². The number of fused-ring (bicyclic) bond motifs is 1. The van der Waals surface area contributed by atoms with Gasteiger partial charge in [0.2, 0.25) is 0 Å². The molecule has 0 radical (unpaired) electrons. The number of rotatable bonds is 6. The van der Waals surface area contributed by atoms with Crippen LogP contribution in [0.25, 0.3) is 0 Å². The van der Waals surface area contributed by atoms with Gasteiger partial charge < -0.3 is 4.90 Å². The number of nitriles is 1. The first-order valence-electron chi connectivity index (χ1n) is 11.3. The third-order valence-corrected chi connectivity index (χ3v) is 7.06. The van der Waals surface area contributed by atoms with E-state index in [-0.39, 0.29) is 12.0 Å². The summed E-state index contributed by atoms with van der Waals surface area (Å²) in [6.45, 7) is 3.15. The summed E-state index contributed by atoms with van der Waals surface area (Å²) >= 11 is 4.14. The van der Waals surface area contributed by atoms with Crippen LogP contribution in [-0.4, -0.2) is 23.2 Å². The number of thiol groups is 1. The maximum absolute atomic E-state index is 12.9. The lowest BCUT2D eigenvalue weighted by atomic mass is 9.93. The van der Waals surface area contributed by atoms with Crippen LogP contribution < -0.4 is 14.7 Å². The molecule has 2 unspecified atom stereocenters. The Morgan fingerprint density at radius 2 is 2.00 bits per heavy atom. The highest BCUT2D eigenvalue weighted by Gasteiger charge is 2.44. The number of benzene rings is 1. The predicted molar refractivity (Wildman–Crippen MR) is 126 cm³/mol.